The number of hydrogen-bond acceptors (Lipinski definition) is 4. The van der Waals surface area contributed by atoms with E-state index in [0.29, 0.717) is 18.7 Å². The van der Waals surface area contributed by atoms with E-state index in [1.165, 1.54) is 22.0 Å². The molecule has 0 saturated carbocycles. The van der Waals surface area contributed by atoms with Crippen molar-refractivity contribution in [2.24, 2.45) is 0 Å². The Labute approximate surface area is 194 Å². The number of hydrogen-bond donors (Lipinski definition) is 0. The number of carbonyl (C=O) groups is 1. The molecule has 8 heteroatoms. The number of sulfonamides is 1. The van der Waals surface area contributed by atoms with Crippen LogP contribution in [0.1, 0.15) is 36.2 Å². The summed E-state index contributed by atoms with van der Waals surface area (Å²) in [6.07, 6.45) is 2.38. The first kappa shape index (κ1) is 23.0. The highest BCUT2D eigenvalue weighted by Crippen LogP contribution is 2.29. The van der Waals surface area contributed by atoms with Gasteiger partial charge in [-0.25, -0.2) is 8.42 Å². The zero-order valence-electron chi connectivity index (χ0n) is 18.2. The van der Waals surface area contributed by atoms with E-state index >= 15 is 0 Å². The maximum absolute atomic E-state index is 13.3. The molecule has 6 nitrogen and oxygen atoms in total. The van der Waals surface area contributed by atoms with Crippen LogP contribution >= 0.6 is 11.6 Å². The van der Waals surface area contributed by atoms with E-state index in [1.54, 1.807) is 11.0 Å². The van der Waals surface area contributed by atoms with E-state index in [2.05, 4.69) is 18.2 Å². The molecule has 0 bridgehead atoms. The van der Waals surface area contributed by atoms with Crippen molar-refractivity contribution in [1.82, 2.24) is 9.21 Å². The van der Waals surface area contributed by atoms with Gasteiger partial charge in [0.2, 0.25) is 10.0 Å². The van der Waals surface area contributed by atoms with Gasteiger partial charge in [-0.3, -0.25) is 4.79 Å². The minimum atomic E-state index is -3.85. The van der Waals surface area contributed by atoms with Crippen molar-refractivity contribution in [1.29, 1.82) is 0 Å². The Hall–Kier alpha value is -2.19. The molecule has 2 aromatic carbocycles. The van der Waals surface area contributed by atoms with Crippen LogP contribution in [-0.4, -0.2) is 61.9 Å². The van der Waals surface area contributed by atoms with Crippen LogP contribution in [0.25, 0.3) is 5.57 Å². The molecular formula is C24H27ClN2O4S. The molecule has 4 rings (SSSR count). The fourth-order valence-electron chi connectivity index (χ4n) is 4.25. The number of amides is 1. The molecule has 170 valence electrons. The van der Waals surface area contributed by atoms with Crippen molar-refractivity contribution in [3.05, 3.63) is 70.8 Å². The monoisotopic (exact) mass is 474 g/mol. The maximum Gasteiger partial charge on any atom is 0.254 e. The van der Waals surface area contributed by atoms with Crippen molar-refractivity contribution >= 4 is 33.1 Å². The van der Waals surface area contributed by atoms with Crippen LogP contribution in [-0.2, 0) is 14.8 Å². The van der Waals surface area contributed by atoms with E-state index < -0.39 is 10.0 Å². The lowest BCUT2D eigenvalue weighted by Crippen LogP contribution is -2.48. The lowest BCUT2D eigenvalue weighted by molar-refractivity contribution is -0.0440. The van der Waals surface area contributed by atoms with E-state index in [-0.39, 0.29) is 41.1 Å². The quantitative estimate of drug-likeness (QED) is 0.670. The average Bonchev–Trinajstić information content (AvgIpc) is 2.79. The van der Waals surface area contributed by atoms with Crippen molar-refractivity contribution in [2.75, 3.05) is 26.2 Å². The second-order valence-electron chi connectivity index (χ2n) is 8.32. The summed E-state index contributed by atoms with van der Waals surface area (Å²) >= 11 is 6.28. The molecule has 0 aliphatic carbocycles. The van der Waals surface area contributed by atoms with Gasteiger partial charge in [-0.2, -0.15) is 4.31 Å². The SMILES string of the molecule is CC1CN(S(=O)(=O)c2cc(C(=O)N3CC=C(c4ccccc4)CC3)ccc2Cl)CC(C)O1. The molecule has 32 heavy (non-hydrogen) atoms. The summed E-state index contributed by atoms with van der Waals surface area (Å²) in [5.74, 6) is -0.204. The number of carbonyl (C=O) groups excluding carboxylic acids is 1. The average molecular weight is 475 g/mol. The highest BCUT2D eigenvalue weighted by atomic mass is 35.5. The number of halogens is 1. The molecule has 2 aliphatic heterocycles. The summed E-state index contributed by atoms with van der Waals surface area (Å²) in [7, 11) is -3.85. The van der Waals surface area contributed by atoms with Gasteiger partial charge in [-0.15, -0.1) is 0 Å². The van der Waals surface area contributed by atoms with Crippen molar-refractivity contribution in [3.63, 3.8) is 0 Å². The first-order valence-electron chi connectivity index (χ1n) is 10.7. The van der Waals surface area contributed by atoms with Crippen molar-refractivity contribution in [2.45, 2.75) is 37.4 Å². The molecule has 0 radical (unpaired) electrons. The molecule has 0 aromatic heterocycles. The van der Waals surface area contributed by atoms with Gasteiger partial charge in [0.1, 0.15) is 4.90 Å². The minimum Gasteiger partial charge on any atom is -0.373 e. The van der Waals surface area contributed by atoms with Gasteiger partial charge >= 0.3 is 0 Å². The third-order valence-electron chi connectivity index (χ3n) is 5.82. The number of benzene rings is 2. The lowest BCUT2D eigenvalue weighted by Gasteiger charge is -2.34. The molecule has 2 aromatic rings. The number of morpholine rings is 1. The van der Waals surface area contributed by atoms with Gasteiger partial charge in [0.05, 0.1) is 17.2 Å². The highest BCUT2D eigenvalue weighted by molar-refractivity contribution is 7.89. The summed E-state index contributed by atoms with van der Waals surface area (Å²) in [6, 6.07) is 14.6. The predicted molar refractivity (Wildman–Crippen MR) is 125 cm³/mol. The van der Waals surface area contributed by atoms with Gasteiger partial charge in [0.15, 0.2) is 0 Å². The van der Waals surface area contributed by atoms with Crippen molar-refractivity contribution < 1.29 is 17.9 Å². The fourth-order valence-corrected chi connectivity index (χ4v) is 6.34. The standard InChI is InChI=1S/C24H27ClN2O4S/c1-17-15-27(16-18(2)31-17)32(29,30)23-14-21(8-9-22(23)25)24(28)26-12-10-20(11-13-26)19-6-4-3-5-7-19/h3-10,14,17-18H,11-13,15-16H2,1-2H3. The minimum absolute atomic E-state index is 0.0381. The zero-order chi connectivity index (χ0) is 22.9. The predicted octanol–water partition coefficient (Wildman–Crippen LogP) is 4.07. The third-order valence-corrected chi connectivity index (χ3v) is 8.14. The van der Waals surface area contributed by atoms with E-state index in [4.69, 9.17) is 16.3 Å². The number of rotatable bonds is 4. The van der Waals surface area contributed by atoms with E-state index in [0.717, 1.165) is 12.0 Å². The maximum atomic E-state index is 13.3. The second kappa shape index (κ2) is 9.35. The Bertz CT molecular complexity index is 1120. The summed E-state index contributed by atoms with van der Waals surface area (Å²) < 4.78 is 33.6. The summed E-state index contributed by atoms with van der Waals surface area (Å²) in [4.78, 5) is 14.8. The van der Waals surface area contributed by atoms with E-state index in [9.17, 15) is 13.2 Å². The van der Waals surface area contributed by atoms with Gasteiger partial charge in [0.25, 0.3) is 5.91 Å². The number of nitrogens with zero attached hydrogens (tertiary/aromatic N) is 2. The van der Waals surface area contributed by atoms with Crippen LogP contribution in [0.3, 0.4) is 0 Å². The van der Waals surface area contributed by atoms with Gasteiger partial charge < -0.3 is 9.64 Å². The molecule has 1 saturated heterocycles. The molecule has 0 spiro atoms. The Kier molecular flexibility index (Phi) is 6.72. The Morgan fingerprint density at radius 3 is 2.38 bits per heavy atom. The smallest absolute Gasteiger partial charge is 0.254 e. The molecule has 1 fully saturated rings. The summed E-state index contributed by atoms with van der Waals surface area (Å²) in [5.41, 5.74) is 2.69. The Morgan fingerprint density at radius 2 is 1.75 bits per heavy atom. The summed E-state index contributed by atoms with van der Waals surface area (Å²) in [5, 5.41) is 0.109. The van der Waals surface area contributed by atoms with Gasteiger partial charge in [-0.05, 0) is 49.6 Å². The lowest BCUT2D eigenvalue weighted by atomic mass is 9.99. The Balaban J connectivity index is 1.55. The van der Waals surface area contributed by atoms with Crippen LogP contribution in [0.2, 0.25) is 5.02 Å². The first-order chi connectivity index (χ1) is 15.3. The molecule has 2 unspecified atom stereocenters. The Morgan fingerprint density at radius 1 is 1.06 bits per heavy atom. The zero-order valence-corrected chi connectivity index (χ0v) is 19.8. The molecular weight excluding hydrogens is 448 g/mol. The second-order valence-corrected chi connectivity index (χ2v) is 10.6. The van der Waals surface area contributed by atoms with Crippen LogP contribution in [0.15, 0.2) is 59.5 Å². The normalized spacial score (nSPS) is 22.5. The van der Waals surface area contributed by atoms with Crippen molar-refractivity contribution in [3.8, 4) is 0 Å². The number of ether oxygens (including phenoxy) is 1. The van der Waals surface area contributed by atoms with Crippen LogP contribution in [0.5, 0.6) is 0 Å². The molecule has 0 N–H and O–H groups in total. The third kappa shape index (κ3) is 4.76. The largest absolute Gasteiger partial charge is 0.373 e. The van der Waals surface area contributed by atoms with Crippen LogP contribution in [0, 0.1) is 0 Å². The molecule has 1 amide bonds. The summed E-state index contributed by atoms with van der Waals surface area (Å²) in [6.45, 7) is 5.23. The fraction of sp³-hybridized carbons (Fsp3) is 0.375. The van der Waals surface area contributed by atoms with Crippen LogP contribution in [0.4, 0.5) is 0 Å². The van der Waals surface area contributed by atoms with Crippen LogP contribution < -0.4 is 0 Å². The van der Waals surface area contributed by atoms with E-state index in [1.807, 2.05) is 32.0 Å². The molecule has 2 aliphatic rings. The molecule has 2 atom stereocenters. The van der Waals surface area contributed by atoms with Gasteiger partial charge in [-0.1, -0.05) is 48.0 Å². The topological polar surface area (TPSA) is 66.9 Å². The molecule has 2 heterocycles. The van der Waals surface area contributed by atoms with Gasteiger partial charge in [0, 0.05) is 31.7 Å². The first-order valence-corrected chi connectivity index (χ1v) is 12.6. The highest BCUT2D eigenvalue weighted by Gasteiger charge is 2.34.